The fraction of sp³-hybridized carbons (Fsp3) is 0.0714. The first-order chi connectivity index (χ1) is 10.1. The largest absolute Gasteiger partial charge is 0.511 e. The van der Waals surface area contributed by atoms with Gasteiger partial charge in [-0.05, 0) is 24.3 Å². The second-order valence-corrected chi connectivity index (χ2v) is 3.99. The van der Waals surface area contributed by atoms with Gasteiger partial charge in [-0.3, -0.25) is 0 Å². The van der Waals surface area contributed by atoms with Gasteiger partial charge < -0.3 is 20.3 Å². The molecule has 0 amide bonds. The molecule has 0 bridgehead atoms. The summed E-state index contributed by atoms with van der Waals surface area (Å²) in [5.41, 5.74) is 7.24. The minimum atomic E-state index is -1.38. The smallest absolute Gasteiger partial charge is 0.495 e. The molecule has 7 nitrogen and oxygen atoms in total. The van der Waals surface area contributed by atoms with Crippen LogP contribution in [0.2, 0.25) is 0 Å². The third kappa shape index (κ3) is 3.93. The van der Waals surface area contributed by atoms with E-state index in [9.17, 15) is 4.79 Å². The first-order valence-electron chi connectivity index (χ1n) is 5.94. The van der Waals surface area contributed by atoms with Crippen molar-refractivity contribution in [3.8, 4) is 11.5 Å². The van der Waals surface area contributed by atoms with E-state index in [0.29, 0.717) is 22.8 Å². The first kappa shape index (κ1) is 14.3. The van der Waals surface area contributed by atoms with Crippen molar-refractivity contribution in [3.05, 3.63) is 42.5 Å². The second kappa shape index (κ2) is 6.38. The zero-order chi connectivity index (χ0) is 15.2. The quantitative estimate of drug-likeness (QED) is 0.385. The van der Waals surface area contributed by atoms with E-state index in [1.165, 1.54) is 19.2 Å². The molecule has 108 valence electrons. The van der Waals surface area contributed by atoms with Crippen LogP contribution in [0.3, 0.4) is 0 Å². The summed E-state index contributed by atoms with van der Waals surface area (Å²) >= 11 is 0. The van der Waals surface area contributed by atoms with Crippen molar-refractivity contribution < 1.29 is 19.4 Å². The Labute approximate surface area is 120 Å². The van der Waals surface area contributed by atoms with Crippen molar-refractivity contribution in [1.82, 2.24) is 0 Å². The van der Waals surface area contributed by atoms with Gasteiger partial charge in [-0.25, -0.2) is 4.79 Å². The normalized spacial score (nSPS) is 10.5. The van der Waals surface area contributed by atoms with Gasteiger partial charge in [-0.2, -0.15) is 10.2 Å². The Balaban J connectivity index is 2.19. The van der Waals surface area contributed by atoms with Crippen LogP contribution in [0.25, 0.3) is 0 Å². The number of benzene rings is 2. The van der Waals surface area contributed by atoms with E-state index in [2.05, 4.69) is 15.0 Å². The molecule has 0 aliphatic rings. The highest BCUT2D eigenvalue weighted by atomic mass is 16.7. The Morgan fingerprint density at radius 1 is 1.14 bits per heavy atom. The van der Waals surface area contributed by atoms with Crippen molar-refractivity contribution in [3.63, 3.8) is 0 Å². The summed E-state index contributed by atoms with van der Waals surface area (Å²) < 4.78 is 9.63. The lowest BCUT2D eigenvalue weighted by molar-refractivity contribution is 0.144. The summed E-state index contributed by atoms with van der Waals surface area (Å²) in [7, 11) is 1.51. The minimum absolute atomic E-state index is 0.175. The maximum Gasteiger partial charge on any atom is 0.511 e. The Bertz CT molecular complexity index is 686. The molecule has 0 aliphatic heterocycles. The Hall–Kier alpha value is -3.09. The summed E-state index contributed by atoms with van der Waals surface area (Å²) in [5.74, 6) is 0.684. The maximum atomic E-state index is 10.5. The van der Waals surface area contributed by atoms with Gasteiger partial charge in [0.2, 0.25) is 0 Å². The van der Waals surface area contributed by atoms with E-state index in [4.69, 9.17) is 15.6 Å². The number of methoxy groups -OCH3 is 1. The van der Waals surface area contributed by atoms with Crippen molar-refractivity contribution in [2.24, 2.45) is 10.2 Å². The molecule has 0 unspecified atom stereocenters. The predicted octanol–water partition coefficient (Wildman–Crippen LogP) is 3.75. The average molecular weight is 287 g/mol. The van der Waals surface area contributed by atoms with Crippen molar-refractivity contribution in [2.45, 2.75) is 0 Å². The van der Waals surface area contributed by atoms with E-state index in [1.807, 2.05) is 0 Å². The molecule has 0 fully saturated rings. The lowest BCUT2D eigenvalue weighted by Gasteiger charge is -2.04. The van der Waals surface area contributed by atoms with Crippen molar-refractivity contribution in [2.75, 3.05) is 12.8 Å². The number of azo groups is 1. The molecule has 2 rings (SSSR count). The minimum Gasteiger partial charge on any atom is -0.495 e. The van der Waals surface area contributed by atoms with Crippen LogP contribution >= 0.6 is 0 Å². The van der Waals surface area contributed by atoms with Crippen LogP contribution < -0.4 is 15.2 Å². The van der Waals surface area contributed by atoms with E-state index in [-0.39, 0.29) is 5.75 Å². The molecule has 0 atom stereocenters. The van der Waals surface area contributed by atoms with Crippen LogP contribution in [-0.4, -0.2) is 18.4 Å². The summed E-state index contributed by atoms with van der Waals surface area (Å²) in [5, 5.41) is 16.6. The Morgan fingerprint density at radius 3 is 2.52 bits per heavy atom. The molecule has 0 spiro atoms. The number of nitrogens with zero attached hydrogens (tertiary/aromatic N) is 2. The number of nitrogen functional groups attached to an aromatic ring is 1. The second-order valence-electron chi connectivity index (χ2n) is 3.99. The SMILES string of the molecule is COc1cc(N=Nc2cccc(OC(=O)O)c2)ccc1N. The van der Waals surface area contributed by atoms with E-state index in [1.54, 1.807) is 30.3 Å². The Morgan fingerprint density at radius 2 is 1.86 bits per heavy atom. The number of anilines is 1. The molecule has 2 aromatic rings. The van der Waals surface area contributed by atoms with Gasteiger partial charge in [0.05, 0.1) is 24.2 Å². The fourth-order valence-electron chi connectivity index (χ4n) is 1.59. The van der Waals surface area contributed by atoms with Crippen LogP contribution in [0.1, 0.15) is 0 Å². The van der Waals surface area contributed by atoms with Crippen LogP contribution in [0.5, 0.6) is 11.5 Å². The molecular formula is C14H13N3O4. The molecule has 0 radical (unpaired) electrons. The number of hydrogen-bond acceptors (Lipinski definition) is 6. The topological polar surface area (TPSA) is 106 Å². The standard InChI is InChI=1S/C14H13N3O4/c1-20-13-8-10(5-6-12(13)15)17-16-9-3-2-4-11(7-9)21-14(18)19/h2-8H,15H2,1H3,(H,18,19). The molecule has 7 heteroatoms. The highest BCUT2D eigenvalue weighted by Gasteiger charge is 2.02. The maximum absolute atomic E-state index is 10.5. The zero-order valence-electron chi connectivity index (χ0n) is 11.2. The molecule has 21 heavy (non-hydrogen) atoms. The van der Waals surface area contributed by atoms with Gasteiger partial charge in [0.15, 0.2) is 0 Å². The number of carboxylic acid groups (broad SMARTS) is 1. The van der Waals surface area contributed by atoms with Crippen LogP contribution in [0.15, 0.2) is 52.7 Å². The molecule has 0 saturated carbocycles. The molecule has 0 heterocycles. The molecular weight excluding hydrogens is 274 g/mol. The monoisotopic (exact) mass is 287 g/mol. The van der Waals surface area contributed by atoms with Gasteiger partial charge >= 0.3 is 6.16 Å². The molecule has 0 saturated heterocycles. The van der Waals surface area contributed by atoms with E-state index in [0.717, 1.165) is 0 Å². The molecule has 0 aliphatic carbocycles. The van der Waals surface area contributed by atoms with Gasteiger partial charge in [-0.1, -0.05) is 6.07 Å². The third-order valence-electron chi connectivity index (χ3n) is 2.52. The van der Waals surface area contributed by atoms with Crippen LogP contribution in [-0.2, 0) is 0 Å². The number of rotatable bonds is 4. The van der Waals surface area contributed by atoms with Gasteiger partial charge in [0.1, 0.15) is 11.5 Å². The van der Waals surface area contributed by atoms with Crippen LogP contribution in [0, 0.1) is 0 Å². The lowest BCUT2D eigenvalue weighted by Crippen LogP contribution is -2.02. The van der Waals surface area contributed by atoms with Gasteiger partial charge in [0, 0.05) is 12.1 Å². The fourth-order valence-corrected chi connectivity index (χ4v) is 1.59. The number of nitrogens with two attached hydrogens (primary N) is 1. The van der Waals surface area contributed by atoms with E-state index >= 15 is 0 Å². The summed E-state index contributed by atoms with van der Waals surface area (Å²) in [6.07, 6.45) is -1.38. The lowest BCUT2D eigenvalue weighted by atomic mass is 10.2. The highest BCUT2D eigenvalue weighted by molar-refractivity contribution is 5.62. The number of ether oxygens (including phenoxy) is 2. The predicted molar refractivity (Wildman–Crippen MR) is 76.7 cm³/mol. The summed E-state index contributed by atoms with van der Waals surface area (Å²) in [4.78, 5) is 10.5. The zero-order valence-corrected chi connectivity index (χ0v) is 11.2. The first-order valence-corrected chi connectivity index (χ1v) is 5.94. The average Bonchev–Trinajstić information content (AvgIpc) is 2.46. The van der Waals surface area contributed by atoms with Gasteiger partial charge in [-0.15, -0.1) is 0 Å². The number of hydrogen-bond donors (Lipinski definition) is 2. The summed E-state index contributed by atoms with van der Waals surface area (Å²) in [6.45, 7) is 0. The third-order valence-corrected chi connectivity index (χ3v) is 2.52. The molecule has 0 aromatic heterocycles. The highest BCUT2D eigenvalue weighted by Crippen LogP contribution is 2.28. The molecule has 3 N–H and O–H groups in total. The van der Waals surface area contributed by atoms with Crippen LogP contribution in [0.4, 0.5) is 21.9 Å². The summed E-state index contributed by atoms with van der Waals surface area (Å²) in [6, 6.07) is 11.3. The molecule has 2 aromatic carbocycles. The Kier molecular flexibility index (Phi) is 4.35. The van der Waals surface area contributed by atoms with Crippen molar-refractivity contribution >= 4 is 23.2 Å². The van der Waals surface area contributed by atoms with Crippen molar-refractivity contribution in [1.29, 1.82) is 0 Å². The van der Waals surface area contributed by atoms with Gasteiger partial charge in [0.25, 0.3) is 0 Å². The number of carbonyl (C=O) groups is 1. The van der Waals surface area contributed by atoms with E-state index < -0.39 is 6.16 Å².